The van der Waals surface area contributed by atoms with Gasteiger partial charge in [0.1, 0.15) is 5.75 Å². The van der Waals surface area contributed by atoms with Gasteiger partial charge in [-0.1, -0.05) is 68.8 Å². The van der Waals surface area contributed by atoms with Crippen molar-refractivity contribution in [2.24, 2.45) is 10.8 Å². The maximum atomic E-state index is 12.6. The van der Waals surface area contributed by atoms with Crippen LogP contribution in [0.15, 0.2) is 116 Å². The molecule has 2 aliphatic heterocycles. The summed E-state index contributed by atoms with van der Waals surface area (Å²) in [6.45, 7) is 15.7. The third-order valence-corrected chi connectivity index (χ3v) is 11.0. The smallest absolute Gasteiger partial charge is 0.255 e. The lowest BCUT2D eigenvalue weighted by Crippen LogP contribution is -2.36. The highest BCUT2D eigenvalue weighted by Gasteiger charge is 2.34. The van der Waals surface area contributed by atoms with Gasteiger partial charge in [-0.05, 0) is 99.6 Å². The number of nitrogens with one attached hydrogen (secondary N) is 2. The number of ether oxygens (including phenoxy) is 1. The number of carbonyl (C=O) groups excluding carboxylic acids is 2. The minimum atomic E-state index is -0.110. The van der Waals surface area contributed by atoms with Crippen LogP contribution in [0, 0.1) is 10.8 Å². The lowest BCUT2D eigenvalue weighted by Gasteiger charge is -2.40. The summed E-state index contributed by atoms with van der Waals surface area (Å²) >= 11 is 7.01. The molecule has 0 aromatic heterocycles. The molecule has 4 aliphatic rings. The minimum absolute atomic E-state index is 0.0597. The Morgan fingerprint density at radius 2 is 1.20 bits per heavy atom. The van der Waals surface area contributed by atoms with Crippen LogP contribution in [0.1, 0.15) is 80.7 Å². The SMILES string of the molecule is CCOc1ccc(C(=O)NC2=CC=C3C(=CN(C)CC3(C)C)C2)cc1Br.CCc1ccc(C(=O)NC2=CC=C3C(=CN(C)CC3(C)C)C2)cc1Br. The predicted octanol–water partition coefficient (Wildman–Crippen LogP) is 9.46. The van der Waals surface area contributed by atoms with Gasteiger partial charge < -0.3 is 25.2 Å². The van der Waals surface area contributed by atoms with Gasteiger partial charge in [0.15, 0.2) is 0 Å². The van der Waals surface area contributed by atoms with Crippen molar-refractivity contribution >= 4 is 43.7 Å². The van der Waals surface area contributed by atoms with Gasteiger partial charge in [0.05, 0.1) is 11.1 Å². The maximum Gasteiger partial charge on any atom is 0.255 e. The molecule has 0 fully saturated rings. The Morgan fingerprint density at radius 3 is 1.63 bits per heavy atom. The Kier molecular flexibility index (Phi) is 11.9. The van der Waals surface area contributed by atoms with Crippen molar-refractivity contribution < 1.29 is 14.3 Å². The van der Waals surface area contributed by atoms with E-state index in [1.54, 1.807) is 12.1 Å². The highest BCUT2D eigenvalue weighted by Crippen LogP contribution is 2.42. The number of carbonyl (C=O) groups is 2. The summed E-state index contributed by atoms with van der Waals surface area (Å²) in [6.07, 6.45) is 15.2. The quantitative estimate of drug-likeness (QED) is 0.292. The fourth-order valence-electron chi connectivity index (χ4n) is 7.39. The summed E-state index contributed by atoms with van der Waals surface area (Å²) in [4.78, 5) is 29.7. The third kappa shape index (κ3) is 9.16. The van der Waals surface area contributed by atoms with Crippen LogP contribution in [0.4, 0.5) is 0 Å². The van der Waals surface area contributed by atoms with E-state index < -0.39 is 0 Å². The molecule has 2 heterocycles. The molecule has 2 aromatic carbocycles. The normalized spacial score (nSPS) is 18.5. The number of hydrogen-bond acceptors (Lipinski definition) is 5. The Labute approximate surface area is 320 Å². The standard InChI is InChI=1S/C21H25BrN2O2.C21H25BrN2O/c1-5-26-19-9-6-14(11-18(19)22)20(25)23-16-7-8-17-15(10-16)12-24(4)13-21(17,2)3;1-5-14-6-7-15(11-19(14)22)20(25)23-17-8-9-18-16(10-17)12-24(4)13-21(18,2)3/h6-9,11-12H,5,10,13H2,1-4H3,(H,23,25);6-9,11-12H,5,10,13H2,1-4H3,(H,23,25). The van der Waals surface area contributed by atoms with Crippen LogP contribution < -0.4 is 15.4 Å². The average Bonchev–Trinajstić information content (AvgIpc) is 3.04. The monoisotopic (exact) mass is 816 g/mol. The number of hydrogen-bond donors (Lipinski definition) is 2. The molecule has 9 heteroatoms. The molecule has 6 rings (SSSR count). The number of halogens is 2. The van der Waals surface area contributed by atoms with Crippen molar-refractivity contribution in [3.05, 3.63) is 132 Å². The molecule has 0 spiro atoms. The largest absolute Gasteiger partial charge is 0.493 e. The Morgan fingerprint density at radius 1 is 0.725 bits per heavy atom. The Hall–Kier alpha value is -3.82. The van der Waals surface area contributed by atoms with Crippen LogP contribution >= 0.6 is 31.9 Å². The first-order valence-electron chi connectivity index (χ1n) is 17.6. The van der Waals surface area contributed by atoms with Crippen LogP contribution in [-0.4, -0.2) is 55.4 Å². The molecule has 0 saturated carbocycles. The number of fused-ring (bicyclic) bond motifs is 2. The van der Waals surface area contributed by atoms with Crippen molar-refractivity contribution in [3.8, 4) is 5.75 Å². The van der Waals surface area contributed by atoms with E-state index in [0.717, 1.165) is 58.4 Å². The summed E-state index contributed by atoms with van der Waals surface area (Å²) in [7, 11) is 4.20. The second-order valence-corrected chi connectivity index (χ2v) is 16.7. The van der Waals surface area contributed by atoms with E-state index in [0.29, 0.717) is 17.7 Å². The van der Waals surface area contributed by atoms with Crippen LogP contribution in [0.25, 0.3) is 0 Å². The highest BCUT2D eigenvalue weighted by molar-refractivity contribution is 9.10. The van der Waals surface area contributed by atoms with Gasteiger partial charge in [0.2, 0.25) is 0 Å². The molecule has 0 bridgehead atoms. The number of nitrogens with zero attached hydrogens (tertiary/aromatic N) is 2. The van der Waals surface area contributed by atoms with Gasteiger partial charge in [-0.25, -0.2) is 0 Å². The van der Waals surface area contributed by atoms with Gasteiger partial charge in [-0.2, -0.15) is 0 Å². The Balaban J connectivity index is 0.000000198. The van der Waals surface area contributed by atoms with Crippen LogP contribution in [-0.2, 0) is 6.42 Å². The maximum absolute atomic E-state index is 12.6. The zero-order valence-corrected chi connectivity index (χ0v) is 34.2. The number of amides is 2. The molecule has 2 aliphatic carbocycles. The zero-order valence-electron chi connectivity index (χ0n) is 31.0. The first-order chi connectivity index (χ1) is 24.1. The summed E-state index contributed by atoms with van der Waals surface area (Å²) in [6, 6.07) is 11.2. The fourth-order valence-corrected chi connectivity index (χ4v) is 8.54. The van der Waals surface area contributed by atoms with Gasteiger partial charge in [0.25, 0.3) is 11.8 Å². The number of allylic oxidation sites excluding steroid dienone is 6. The average molecular weight is 819 g/mol. The predicted molar refractivity (Wildman–Crippen MR) is 214 cm³/mol. The van der Waals surface area contributed by atoms with Crippen molar-refractivity contribution in [3.63, 3.8) is 0 Å². The first-order valence-corrected chi connectivity index (χ1v) is 19.2. The Bertz CT molecular complexity index is 1900. The molecule has 2 N–H and O–H groups in total. The molecule has 0 unspecified atom stereocenters. The van der Waals surface area contributed by atoms with Crippen molar-refractivity contribution in [2.75, 3.05) is 33.8 Å². The van der Waals surface area contributed by atoms with Crippen LogP contribution in [0.3, 0.4) is 0 Å². The van der Waals surface area contributed by atoms with Gasteiger partial charge in [0, 0.05) is 90.3 Å². The van der Waals surface area contributed by atoms with E-state index in [1.165, 1.54) is 27.9 Å². The van der Waals surface area contributed by atoms with E-state index in [9.17, 15) is 9.59 Å². The molecular weight excluding hydrogens is 768 g/mol. The minimum Gasteiger partial charge on any atom is -0.493 e. The van der Waals surface area contributed by atoms with Gasteiger partial charge in [-0.15, -0.1) is 0 Å². The van der Waals surface area contributed by atoms with Crippen LogP contribution in [0.5, 0.6) is 5.75 Å². The number of aryl methyl sites for hydroxylation is 1. The van der Waals surface area contributed by atoms with E-state index in [1.807, 2.05) is 43.3 Å². The fraction of sp³-hybridized carbons (Fsp3) is 0.381. The summed E-state index contributed by atoms with van der Waals surface area (Å²) in [5.41, 5.74) is 9.89. The summed E-state index contributed by atoms with van der Waals surface area (Å²) < 4.78 is 7.27. The molecule has 0 radical (unpaired) electrons. The van der Waals surface area contributed by atoms with E-state index in [2.05, 4.69) is 126 Å². The topological polar surface area (TPSA) is 73.9 Å². The van der Waals surface area contributed by atoms with Crippen molar-refractivity contribution in [2.45, 2.75) is 60.8 Å². The molecule has 7 nitrogen and oxygen atoms in total. The van der Waals surface area contributed by atoms with E-state index >= 15 is 0 Å². The molecule has 0 saturated heterocycles. The second-order valence-electron chi connectivity index (χ2n) is 15.0. The van der Waals surface area contributed by atoms with Crippen molar-refractivity contribution in [1.29, 1.82) is 0 Å². The number of benzene rings is 2. The lowest BCUT2D eigenvalue weighted by atomic mass is 9.74. The lowest BCUT2D eigenvalue weighted by molar-refractivity contribution is 0.0956. The number of rotatable bonds is 7. The molecule has 0 atom stereocenters. The molecular formula is C42H50Br2N4O3. The van der Waals surface area contributed by atoms with Crippen LogP contribution in [0.2, 0.25) is 0 Å². The van der Waals surface area contributed by atoms with E-state index in [-0.39, 0.29) is 22.6 Å². The molecule has 2 aromatic rings. The van der Waals surface area contributed by atoms with Gasteiger partial charge >= 0.3 is 0 Å². The first kappa shape index (κ1) is 38.4. The third-order valence-electron chi connectivity index (χ3n) is 9.59. The molecule has 51 heavy (non-hydrogen) atoms. The summed E-state index contributed by atoms with van der Waals surface area (Å²) in [5.74, 6) is 0.572. The summed E-state index contributed by atoms with van der Waals surface area (Å²) in [5, 5.41) is 6.12. The molecule has 270 valence electrons. The highest BCUT2D eigenvalue weighted by atomic mass is 79.9. The zero-order chi connectivity index (χ0) is 37.1. The van der Waals surface area contributed by atoms with Crippen molar-refractivity contribution in [1.82, 2.24) is 20.4 Å². The van der Waals surface area contributed by atoms with E-state index in [4.69, 9.17) is 4.74 Å². The molecule has 2 amide bonds. The second kappa shape index (κ2) is 15.8. The van der Waals surface area contributed by atoms with Gasteiger partial charge in [-0.3, -0.25) is 9.59 Å².